The number of rotatable bonds is 4. The van der Waals surface area contributed by atoms with Crippen LogP contribution in [0.25, 0.3) is 0 Å². The van der Waals surface area contributed by atoms with Crippen molar-refractivity contribution in [1.29, 1.82) is 0 Å². The van der Waals surface area contributed by atoms with Gasteiger partial charge >= 0.3 is 0 Å². The van der Waals surface area contributed by atoms with Crippen LogP contribution in [0.3, 0.4) is 0 Å². The van der Waals surface area contributed by atoms with E-state index in [1.807, 2.05) is 12.3 Å². The topological polar surface area (TPSA) is 80.9 Å². The Kier molecular flexibility index (Phi) is 3.88. The Morgan fingerprint density at radius 1 is 1.56 bits per heavy atom. The second kappa shape index (κ2) is 5.59. The Bertz CT molecular complexity index is 553. The lowest BCUT2D eigenvalue weighted by Crippen LogP contribution is -2.27. The molecule has 0 aliphatic carbocycles. The van der Waals surface area contributed by atoms with E-state index in [1.54, 1.807) is 29.7 Å². The predicted octanol–water partition coefficient (Wildman–Crippen LogP) is 1.40. The molecule has 2 heterocycles. The molecule has 2 aromatic rings. The van der Waals surface area contributed by atoms with Crippen molar-refractivity contribution in [2.75, 3.05) is 12.3 Å². The third-order valence-corrected chi connectivity index (χ3v) is 3.37. The van der Waals surface area contributed by atoms with Crippen molar-refractivity contribution in [3.8, 4) is 0 Å². The molecule has 0 saturated heterocycles. The summed E-state index contributed by atoms with van der Waals surface area (Å²) in [4.78, 5) is 20.1. The van der Waals surface area contributed by atoms with Crippen LogP contribution in [0.4, 0.5) is 5.69 Å². The average Bonchev–Trinajstić information content (AvgIpc) is 2.75. The molecule has 2 rings (SSSR count). The average molecular weight is 262 g/mol. The van der Waals surface area contributed by atoms with E-state index in [0.29, 0.717) is 12.2 Å². The van der Waals surface area contributed by atoms with Crippen LogP contribution in [0, 0.1) is 6.92 Å². The highest BCUT2D eigenvalue weighted by atomic mass is 32.1. The fourth-order valence-corrected chi connectivity index (χ4v) is 2.27. The van der Waals surface area contributed by atoms with Crippen molar-refractivity contribution in [3.63, 3.8) is 0 Å². The van der Waals surface area contributed by atoms with Gasteiger partial charge in [0.15, 0.2) is 5.69 Å². The highest BCUT2D eigenvalue weighted by Gasteiger charge is 2.10. The van der Waals surface area contributed by atoms with Gasteiger partial charge in [0.05, 0.1) is 10.7 Å². The normalized spacial score (nSPS) is 10.3. The minimum absolute atomic E-state index is 0.249. The third kappa shape index (κ3) is 3.04. The van der Waals surface area contributed by atoms with E-state index in [1.165, 1.54) is 0 Å². The zero-order chi connectivity index (χ0) is 13.0. The quantitative estimate of drug-likeness (QED) is 0.872. The molecule has 1 amide bonds. The zero-order valence-corrected chi connectivity index (χ0v) is 10.8. The molecule has 3 N–H and O–H groups in total. The second-order valence-electron chi connectivity index (χ2n) is 3.83. The number of nitrogens with one attached hydrogen (secondary N) is 1. The van der Waals surface area contributed by atoms with Crippen LogP contribution < -0.4 is 11.1 Å². The molecule has 5 nitrogen and oxygen atoms in total. The Labute approximate surface area is 109 Å². The molecule has 0 radical (unpaired) electrons. The third-order valence-electron chi connectivity index (χ3n) is 2.34. The van der Waals surface area contributed by atoms with Crippen LogP contribution in [0.2, 0.25) is 0 Å². The van der Waals surface area contributed by atoms with Crippen molar-refractivity contribution < 1.29 is 4.79 Å². The van der Waals surface area contributed by atoms with E-state index in [2.05, 4.69) is 15.3 Å². The standard InChI is InChI=1S/C12H14N4OS/c1-8-7-18-10(16-8)4-6-15-12(17)11-9(13)3-2-5-14-11/h2-3,5,7H,4,6,13H2,1H3,(H,15,17). The summed E-state index contributed by atoms with van der Waals surface area (Å²) in [5, 5.41) is 5.79. The van der Waals surface area contributed by atoms with Crippen molar-refractivity contribution in [3.05, 3.63) is 40.1 Å². The summed E-state index contributed by atoms with van der Waals surface area (Å²) in [6.45, 7) is 2.48. The van der Waals surface area contributed by atoms with Crippen LogP contribution in [-0.4, -0.2) is 22.4 Å². The number of nitrogen functional groups attached to an aromatic ring is 1. The van der Waals surface area contributed by atoms with Crippen molar-refractivity contribution in [2.45, 2.75) is 13.3 Å². The molecule has 0 unspecified atom stereocenters. The SMILES string of the molecule is Cc1csc(CCNC(=O)c2ncccc2N)n1. The van der Waals surface area contributed by atoms with Crippen LogP contribution >= 0.6 is 11.3 Å². The zero-order valence-electron chi connectivity index (χ0n) is 10.0. The fourth-order valence-electron chi connectivity index (χ4n) is 1.49. The number of amides is 1. The van der Waals surface area contributed by atoms with Gasteiger partial charge in [-0.1, -0.05) is 0 Å². The molecule has 0 atom stereocenters. The number of thiazole rings is 1. The largest absolute Gasteiger partial charge is 0.397 e. The van der Waals surface area contributed by atoms with Gasteiger partial charge in [0.2, 0.25) is 0 Å². The maximum atomic E-state index is 11.8. The number of carbonyl (C=O) groups excluding carboxylic acids is 1. The van der Waals surface area contributed by atoms with Crippen LogP contribution in [0.5, 0.6) is 0 Å². The number of carbonyl (C=O) groups is 1. The second-order valence-corrected chi connectivity index (χ2v) is 4.77. The summed E-state index contributed by atoms with van der Waals surface area (Å²) < 4.78 is 0. The lowest BCUT2D eigenvalue weighted by Gasteiger charge is -2.05. The van der Waals surface area contributed by atoms with E-state index in [4.69, 9.17) is 5.73 Å². The Balaban J connectivity index is 1.87. The van der Waals surface area contributed by atoms with Gasteiger partial charge in [0, 0.05) is 30.2 Å². The Hall–Kier alpha value is -1.95. The van der Waals surface area contributed by atoms with Gasteiger partial charge in [-0.25, -0.2) is 9.97 Å². The molecule has 18 heavy (non-hydrogen) atoms. The van der Waals surface area contributed by atoms with Gasteiger partial charge in [-0.2, -0.15) is 0 Å². The number of hydrogen-bond donors (Lipinski definition) is 2. The fraction of sp³-hybridized carbons (Fsp3) is 0.250. The summed E-state index contributed by atoms with van der Waals surface area (Å²) in [5.41, 5.74) is 7.34. The highest BCUT2D eigenvalue weighted by Crippen LogP contribution is 2.09. The molecule has 2 aromatic heterocycles. The number of pyridine rings is 1. The van der Waals surface area contributed by atoms with Crippen LogP contribution in [0.1, 0.15) is 21.2 Å². The van der Waals surface area contributed by atoms with Crippen LogP contribution in [0.15, 0.2) is 23.7 Å². The molecular formula is C12H14N4OS. The summed E-state index contributed by atoms with van der Waals surface area (Å²) in [7, 11) is 0. The smallest absolute Gasteiger partial charge is 0.272 e. The van der Waals surface area contributed by atoms with E-state index < -0.39 is 0 Å². The first kappa shape index (κ1) is 12.5. The van der Waals surface area contributed by atoms with E-state index in [-0.39, 0.29) is 11.6 Å². The maximum Gasteiger partial charge on any atom is 0.272 e. The number of nitrogens with zero attached hydrogens (tertiary/aromatic N) is 2. The number of hydrogen-bond acceptors (Lipinski definition) is 5. The first-order valence-electron chi connectivity index (χ1n) is 5.56. The van der Waals surface area contributed by atoms with Crippen molar-refractivity contribution in [2.24, 2.45) is 0 Å². The number of aryl methyl sites for hydroxylation is 1. The number of nitrogens with two attached hydrogens (primary N) is 1. The first-order chi connectivity index (χ1) is 8.66. The Morgan fingerprint density at radius 3 is 3.06 bits per heavy atom. The van der Waals surface area contributed by atoms with E-state index in [9.17, 15) is 4.79 Å². The molecule has 0 saturated carbocycles. The van der Waals surface area contributed by atoms with E-state index in [0.717, 1.165) is 17.1 Å². The molecule has 94 valence electrons. The van der Waals surface area contributed by atoms with E-state index >= 15 is 0 Å². The summed E-state index contributed by atoms with van der Waals surface area (Å²) in [6.07, 6.45) is 2.27. The lowest BCUT2D eigenvalue weighted by atomic mass is 10.3. The molecule has 0 bridgehead atoms. The molecule has 0 fully saturated rings. The van der Waals surface area contributed by atoms with Gasteiger partial charge in [-0.15, -0.1) is 11.3 Å². The van der Waals surface area contributed by atoms with Gasteiger partial charge in [-0.05, 0) is 19.1 Å². The number of anilines is 1. The van der Waals surface area contributed by atoms with Gasteiger partial charge < -0.3 is 11.1 Å². The minimum Gasteiger partial charge on any atom is -0.397 e. The van der Waals surface area contributed by atoms with Crippen LogP contribution in [-0.2, 0) is 6.42 Å². The highest BCUT2D eigenvalue weighted by molar-refractivity contribution is 7.09. The summed E-state index contributed by atoms with van der Waals surface area (Å²) in [6, 6.07) is 3.36. The molecule has 0 aromatic carbocycles. The van der Waals surface area contributed by atoms with Crippen molar-refractivity contribution in [1.82, 2.24) is 15.3 Å². The predicted molar refractivity (Wildman–Crippen MR) is 71.5 cm³/mol. The molecule has 0 aliphatic heterocycles. The maximum absolute atomic E-state index is 11.8. The molecule has 6 heteroatoms. The molecular weight excluding hydrogens is 248 g/mol. The minimum atomic E-state index is -0.249. The van der Waals surface area contributed by atoms with Gasteiger partial charge in [-0.3, -0.25) is 4.79 Å². The van der Waals surface area contributed by atoms with Gasteiger partial charge in [0.1, 0.15) is 0 Å². The lowest BCUT2D eigenvalue weighted by molar-refractivity contribution is 0.0950. The van der Waals surface area contributed by atoms with Gasteiger partial charge in [0.25, 0.3) is 5.91 Å². The van der Waals surface area contributed by atoms with Crippen molar-refractivity contribution >= 4 is 22.9 Å². The monoisotopic (exact) mass is 262 g/mol. The Morgan fingerprint density at radius 2 is 2.39 bits per heavy atom. The molecule has 0 spiro atoms. The molecule has 0 aliphatic rings. The summed E-state index contributed by atoms with van der Waals surface area (Å²) >= 11 is 1.60. The summed E-state index contributed by atoms with van der Waals surface area (Å²) in [5.74, 6) is -0.249. The number of aromatic nitrogens is 2. The first-order valence-corrected chi connectivity index (χ1v) is 6.44.